The number of fused-ring (bicyclic) bond motifs is 1. The number of rotatable bonds is 4. The number of nitrogens with zero attached hydrogens (tertiary/aromatic N) is 3. The molecule has 2 aliphatic rings. The van der Waals surface area contributed by atoms with Crippen molar-refractivity contribution < 1.29 is 9.21 Å². The third kappa shape index (κ3) is 3.31. The monoisotopic (exact) mass is 340 g/mol. The minimum Gasteiger partial charge on any atom is -0.416 e. The number of piperidine rings is 1. The van der Waals surface area contributed by atoms with Crippen LogP contribution in [0.2, 0.25) is 0 Å². The molecule has 2 heterocycles. The van der Waals surface area contributed by atoms with Crippen molar-refractivity contribution in [2.45, 2.75) is 38.8 Å². The van der Waals surface area contributed by atoms with E-state index in [4.69, 9.17) is 4.42 Å². The van der Waals surface area contributed by atoms with Gasteiger partial charge < -0.3 is 9.73 Å². The van der Waals surface area contributed by atoms with E-state index in [0.29, 0.717) is 17.7 Å². The summed E-state index contributed by atoms with van der Waals surface area (Å²) < 4.78 is 5.52. The summed E-state index contributed by atoms with van der Waals surface area (Å²) in [6.07, 6.45) is 0. The van der Waals surface area contributed by atoms with Crippen LogP contribution in [0.3, 0.4) is 0 Å². The first-order valence-electron chi connectivity index (χ1n) is 8.83. The Morgan fingerprint density at radius 3 is 2.48 bits per heavy atom. The van der Waals surface area contributed by atoms with Gasteiger partial charge in [-0.1, -0.05) is 51.1 Å². The number of benzene rings is 1. The molecule has 1 saturated carbocycles. The Hall–Kier alpha value is -2.21. The summed E-state index contributed by atoms with van der Waals surface area (Å²) in [5.41, 5.74) is 1.09. The fourth-order valence-corrected chi connectivity index (χ4v) is 3.63. The van der Waals surface area contributed by atoms with Crippen molar-refractivity contribution in [2.75, 3.05) is 13.1 Å². The summed E-state index contributed by atoms with van der Waals surface area (Å²) in [5, 5.41) is 10.9. The van der Waals surface area contributed by atoms with Crippen LogP contribution < -0.4 is 5.32 Å². The van der Waals surface area contributed by atoms with Gasteiger partial charge in [-0.15, -0.1) is 10.2 Å². The van der Waals surface area contributed by atoms with Gasteiger partial charge in [0, 0.05) is 31.1 Å². The van der Waals surface area contributed by atoms with E-state index in [9.17, 15) is 4.79 Å². The highest BCUT2D eigenvalue weighted by Gasteiger charge is 2.56. The van der Waals surface area contributed by atoms with Gasteiger partial charge in [0.15, 0.2) is 0 Å². The van der Waals surface area contributed by atoms with Gasteiger partial charge in [0.1, 0.15) is 0 Å². The molecule has 6 heteroatoms. The molecule has 1 amide bonds. The number of nitrogens with one attached hydrogen (secondary N) is 1. The standard InChI is InChI=1S/C19H24N4O2/c1-19(2,3)18-22-21-17(25-18)16(24)20-15-13-10-23(11-14(13)15)9-12-7-5-4-6-8-12/h4-8,13-15H,9-11H2,1-3H3,(H,20,24). The molecule has 1 saturated heterocycles. The Balaban J connectivity index is 1.29. The minimum atomic E-state index is -0.253. The lowest BCUT2D eigenvalue weighted by Gasteiger charge is -2.19. The van der Waals surface area contributed by atoms with Gasteiger partial charge in [-0.25, -0.2) is 0 Å². The van der Waals surface area contributed by atoms with Crippen molar-refractivity contribution in [1.82, 2.24) is 20.4 Å². The highest BCUT2D eigenvalue weighted by atomic mass is 16.4. The second kappa shape index (κ2) is 5.95. The van der Waals surface area contributed by atoms with Crippen molar-refractivity contribution in [2.24, 2.45) is 11.8 Å². The topological polar surface area (TPSA) is 71.3 Å². The van der Waals surface area contributed by atoms with E-state index in [0.717, 1.165) is 19.6 Å². The fraction of sp³-hybridized carbons (Fsp3) is 0.526. The zero-order valence-corrected chi connectivity index (χ0v) is 14.9. The lowest BCUT2D eigenvalue weighted by molar-refractivity contribution is 0.0904. The summed E-state index contributed by atoms with van der Waals surface area (Å²) in [7, 11) is 0. The number of carbonyl (C=O) groups is 1. The predicted molar refractivity (Wildman–Crippen MR) is 93.0 cm³/mol. The minimum absolute atomic E-state index is 0.0658. The lowest BCUT2D eigenvalue weighted by atomic mass is 9.97. The summed E-state index contributed by atoms with van der Waals surface area (Å²) in [6, 6.07) is 10.7. The molecule has 1 aliphatic heterocycles. The van der Waals surface area contributed by atoms with Gasteiger partial charge >= 0.3 is 11.8 Å². The van der Waals surface area contributed by atoms with Crippen LogP contribution in [0.1, 0.15) is 42.9 Å². The van der Waals surface area contributed by atoms with Gasteiger partial charge in [0.25, 0.3) is 0 Å². The van der Waals surface area contributed by atoms with Crippen LogP contribution in [0.5, 0.6) is 0 Å². The van der Waals surface area contributed by atoms with Crippen molar-refractivity contribution in [1.29, 1.82) is 0 Å². The highest BCUT2D eigenvalue weighted by Crippen LogP contribution is 2.45. The first-order valence-corrected chi connectivity index (χ1v) is 8.83. The number of aromatic nitrogens is 2. The predicted octanol–water partition coefficient (Wildman–Crippen LogP) is 2.23. The maximum atomic E-state index is 12.3. The van der Waals surface area contributed by atoms with Gasteiger partial charge in [0.2, 0.25) is 5.89 Å². The molecule has 6 nitrogen and oxygen atoms in total. The summed E-state index contributed by atoms with van der Waals surface area (Å²) in [5.74, 6) is 1.38. The molecule has 0 spiro atoms. The molecular formula is C19H24N4O2. The second-order valence-electron chi connectivity index (χ2n) is 8.17. The highest BCUT2D eigenvalue weighted by molar-refractivity contribution is 5.90. The smallest absolute Gasteiger partial charge is 0.309 e. The molecule has 25 heavy (non-hydrogen) atoms. The molecule has 1 aromatic heterocycles. The normalized spacial score (nSPS) is 25.6. The average Bonchev–Trinajstić information content (AvgIpc) is 3.00. The van der Waals surface area contributed by atoms with Gasteiger partial charge in [-0.3, -0.25) is 9.69 Å². The summed E-state index contributed by atoms with van der Waals surface area (Å²) in [6.45, 7) is 8.98. The molecule has 4 rings (SSSR count). The van der Waals surface area contributed by atoms with E-state index in [1.807, 2.05) is 26.8 Å². The first kappa shape index (κ1) is 16.3. The number of hydrogen-bond acceptors (Lipinski definition) is 5. The molecule has 1 aliphatic carbocycles. The third-order valence-electron chi connectivity index (χ3n) is 5.08. The molecule has 2 unspecified atom stereocenters. The molecule has 2 fully saturated rings. The number of amides is 1. The average molecular weight is 340 g/mol. The van der Waals surface area contributed by atoms with E-state index in [2.05, 4.69) is 44.7 Å². The Bertz CT molecular complexity index is 753. The van der Waals surface area contributed by atoms with E-state index in [1.165, 1.54) is 5.56 Å². The number of carbonyl (C=O) groups excluding carboxylic acids is 1. The Labute approximate surface area is 147 Å². The SMILES string of the molecule is CC(C)(C)c1nnc(C(=O)NC2C3CN(Cc4ccccc4)CC32)o1. The quantitative estimate of drug-likeness (QED) is 0.924. The fourth-order valence-electron chi connectivity index (χ4n) is 3.63. The van der Waals surface area contributed by atoms with Crippen LogP contribution in [0.15, 0.2) is 34.7 Å². The van der Waals surface area contributed by atoms with Crippen LogP contribution in [-0.4, -0.2) is 40.1 Å². The van der Waals surface area contributed by atoms with Gasteiger partial charge in [-0.2, -0.15) is 0 Å². The van der Waals surface area contributed by atoms with E-state index < -0.39 is 0 Å². The van der Waals surface area contributed by atoms with Crippen LogP contribution in [0.25, 0.3) is 0 Å². The number of hydrogen-bond donors (Lipinski definition) is 1. The van der Waals surface area contributed by atoms with Crippen molar-refractivity contribution in [3.63, 3.8) is 0 Å². The van der Waals surface area contributed by atoms with Crippen molar-refractivity contribution in [3.05, 3.63) is 47.7 Å². The molecule has 0 radical (unpaired) electrons. The maximum Gasteiger partial charge on any atom is 0.309 e. The molecule has 2 atom stereocenters. The van der Waals surface area contributed by atoms with Crippen LogP contribution in [0.4, 0.5) is 0 Å². The van der Waals surface area contributed by atoms with E-state index >= 15 is 0 Å². The van der Waals surface area contributed by atoms with Gasteiger partial charge in [0.05, 0.1) is 0 Å². The largest absolute Gasteiger partial charge is 0.416 e. The van der Waals surface area contributed by atoms with Crippen LogP contribution in [-0.2, 0) is 12.0 Å². The van der Waals surface area contributed by atoms with Crippen molar-refractivity contribution in [3.8, 4) is 0 Å². The summed E-state index contributed by atoms with van der Waals surface area (Å²) in [4.78, 5) is 14.8. The van der Waals surface area contributed by atoms with Crippen LogP contribution >= 0.6 is 0 Å². The maximum absolute atomic E-state index is 12.3. The molecular weight excluding hydrogens is 316 g/mol. The molecule has 2 aromatic rings. The molecule has 1 aromatic carbocycles. The second-order valence-corrected chi connectivity index (χ2v) is 8.17. The first-order chi connectivity index (χ1) is 11.9. The van der Waals surface area contributed by atoms with E-state index in [1.54, 1.807) is 0 Å². The zero-order valence-electron chi connectivity index (χ0n) is 14.9. The Kier molecular flexibility index (Phi) is 3.87. The van der Waals surface area contributed by atoms with Gasteiger partial charge in [-0.05, 0) is 17.4 Å². The zero-order chi connectivity index (χ0) is 17.6. The third-order valence-corrected chi connectivity index (χ3v) is 5.08. The number of likely N-dealkylation sites (tertiary alicyclic amines) is 1. The van der Waals surface area contributed by atoms with E-state index in [-0.39, 0.29) is 23.3 Å². The van der Waals surface area contributed by atoms with Crippen LogP contribution in [0, 0.1) is 11.8 Å². The lowest BCUT2D eigenvalue weighted by Crippen LogP contribution is -2.34. The Morgan fingerprint density at radius 1 is 1.20 bits per heavy atom. The summed E-state index contributed by atoms with van der Waals surface area (Å²) >= 11 is 0. The van der Waals surface area contributed by atoms with Crippen molar-refractivity contribution >= 4 is 5.91 Å². The molecule has 0 bridgehead atoms. The Morgan fingerprint density at radius 2 is 1.88 bits per heavy atom. The molecule has 132 valence electrons. The molecule has 1 N–H and O–H groups in total.